The van der Waals surface area contributed by atoms with Gasteiger partial charge < -0.3 is 0 Å². The maximum atomic E-state index is 10.2. The summed E-state index contributed by atoms with van der Waals surface area (Å²) in [6, 6.07) is 0. The molecule has 6 heteroatoms. The van der Waals surface area contributed by atoms with Crippen LogP contribution in [0.5, 0.6) is 0 Å². The predicted octanol–water partition coefficient (Wildman–Crippen LogP) is -1.43. The predicted molar refractivity (Wildman–Crippen MR) is 22.6 cm³/mol. The van der Waals surface area contributed by atoms with Crippen LogP contribution in [-0.2, 0) is 10.5 Å². The van der Waals surface area contributed by atoms with E-state index >= 15 is 0 Å². The molecule has 38 valence electrons. The lowest BCUT2D eigenvalue weighted by Gasteiger charge is -1.63. The molecule has 0 saturated carbocycles. The summed E-state index contributed by atoms with van der Waals surface area (Å²) in [5.41, 5.74) is 0. The molecule has 0 unspecified atom stereocenters. The maximum Gasteiger partial charge on any atom is 0.435 e. The van der Waals surface area contributed by atoms with Crippen LogP contribution in [0.1, 0.15) is 0 Å². The van der Waals surface area contributed by atoms with Gasteiger partial charge in [-0.3, -0.25) is 4.55 Å². The van der Waals surface area contributed by atoms with Crippen LogP contribution in [0.2, 0.25) is 0 Å². The minimum absolute atomic E-state index is 0. The van der Waals surface area contributed by atoms with Gasteiger partial charge >= 0.3 is 10.5 Å². The van der Waals surface area contributed by atoms with Gasteiger partial charge in [0.1, 0.15) is 0 Å². The Kier molecular flexibility index (Phi) is 3.33. The van der Waals surface area contributed by atoms with Gasteiger partial charge in [0.05, 0.1) is 8.41 Å². The summed E-state index contributed by atoms with van der Waals surface area (Å²) < 4.78 is 34.1. The zero-order valence-electron chi connectivity index (χ0n) is 2.05. The third kappa shape index (κ3) is 3650. The molecule has 0 fully saturated rings. The Hall–Kier alpha value is -0.0951. The van der Waals surface area contributed by atoms with Crippen LogP contribution in [0.3, 0.4) is 0 Å². The van der Waals surface area contributed by atoms with E-state index in [0.29, 0.717) is 0 Å². The minimum Gasteiger partial charge on any atom is -0.260 e. The molecule has 0 spiro atoms. The van der Waals surface area contributed by atoms with Crippen molar-refractivity contribution in [1.29, 1.82) is 0 Å². The minimum atomic E-state index is -5.17. The highest BCUT2D eigenvalue weighted by molar-refractivity contribution is 7.80. The van der Waals surface area contributed by atoms with E-state index in [1.165, 1.54) is 0 Å². The Morgan fingerprint density at radius 2 is 1.50 bits per heavy atom. The standard InChI is InChI=1S/BH3.FHO3S/c;1-5(2,3)4/h1H3;(H,2,3,4). The molecule has 3 nitrogen and oxygen atoms in total. The van der Waals surface area contributed by atoms with Crippen LogP contribution in [0.15, 0.2) is 0 Å². The Morgan fingerprint density at radius 3 is 1.50 bits per heavy atom. The van der Waals surface area contributed by atoms with Crippen molar-refractivity contribution in [2.45, 2.75) is 0 Å². The second-order valence-electron chi connectivity index (χ2n) is 0.412. The Labute approximate surface area is 36.8 Å². The Morgan fingerprint density at radius 1 is 1.50 bits per heavy atom. The van der Waals surface area contributed by atoms with Crippen LogP contribution < -0.4 is 0 Å². The molecule has 0 aromatic carbocycles. The van der Waals surface area contributed by atoms with Crippen molar-refractivity contribution in [2.75, 3.05) is 0 Å². The normalized spacial score (nSPS) is 9.67. The van der Waals surface area contributed by atoms with Crippen LogP contribution in [0, 0.1) is 0 Å². The molecule has 0 aliphatic rings. The van der Waals surface area contributed by atoms with E-state index in [2.05, 4.69) is 0 Å². The van der Waals surface area contributed by atoms with Crippen molar-refractivity contribution in [3.63, 3.8) is 0 Å². The second-order valence-corrected chi connectivity index (χ2v) is 1.24. The summed E-state index contributed by atoms with van der Waals surface area (Å²) in [6.45, 7) is 0. The lowest BCUT2D eigenvalue weighted by Crippen LogP contribution is -1.80. The first-order valence-electron chi connectivity index (χ1n) is 0.670. The quantitative estimate of drug-likeness (QED) is 0.238. The first-order chi connectivity index (χ1) is 2.00. The van der Waals surface area contributed by atoms with Crippen molar-refractivity contribution in [1.82, 2.24) is 0 Å². The lowest BCUT2D eigenvalue weighted by molar-refractivity contribution is 0.435. The van der Waals surface area contributed by atoms with Crippen molar-refractivity contribution in [3.05, 3.63) is 0 Å². The number of halogens is 1. The first kappa shape index (κ1) is 9.32. The molecule has 0 amide bonds. The van der Waals surface area contributed by atoms with Crippen LogP contribution in [0.25, 0.3) is 0 Å². The Bertz CT molecular complexity index is 94.0. The summed E-state index contributed by atoms with van der Waals surface area (Å²) in [4.78, 5) is 0. The van der Waals surface area contributed by atoms with E-state index in [4.69, 9.17) is 13.0 Å². The molecule has 1 N–H and O–H groups in total. The van der Waals surface area contributed by atoms with Crippen LogP contribution in [-0.4, -0.2) is 21.4 Å². The van der Waals surface area contributed by atoms with E-state index in [-0.39, 0.29) is 8.41 Å². The van der Waals surface area contributed by atoms with Gasteiger partial charge in [-0.15, -0.1) is 0 Å². The fourth-order valence-corrected chi connectivity index (χ4v) is 0. The molecule has 0 bridgehead atoms. The molecule has 0 aliphatic heterocycles. The van der Waals surface area contributed by atoms with E-state index in [9.17, 15) is 3.89 Å². The van der Waals surface area contributed by atoms with Gasteiger partial charge in [-0.2, -0.15) is 8.42 Å². The van der Waals surface area contributed by atoms with Crippen molar-refractivity contribution in [2.24, 2.45) is 0 Å². The van der Waals surface area contributed by atoms with Crippen molar-refractivity contribution < 1.29 is 16.9 Å². The third-order valence-electron chi connectivity index (χ3n) is 0. The van der Waals surface area contributed by atoms with Gasteiger partial charge in [-0.25, -0.2) is 0 Å². The maximum absolute atomic E-state index is 10.2. The number of hydrogen-bond acceptors (Lipinski definition) is 2. The smallest absolute Gasteiger partial charge is 0.260 e. The lowest BCUT2D eigenvalue weighted by atomic mass is 10.8. The monoisotopic (exact) mass is 114 g/mol. The summed E-state index contributed by atoms with van der Waals surface area (Å²) >= 11 is 0. The fraction of sp³-hybridized carbons (Fsp3) is 0. The molecule has 0 atom stereocenters. The summed E-state index contributed by atoms with van der Waals surface area (Å²) in [7, 11) is -5.17. The molecular formula is H4BFO3S. The molecular weight excluding hydrogens is 110 g/mol. The molecule has 0 saturated heterocycles. The summed E-state index contributed by atoms with van der Waals surface area (Å²) in [5, 5.41) is 0. The molecule has 0 aliphatic carbocycles. The van der Waals surface area contributed by atoms with Gasteiger partial charge in [0.2, 0.25) is 0 Å². The average molecular weight is 114 g/mol. The van der Waals surface area contributed by atoms with Gasteiger partial charge in [0.25, 0.3) is 0 Å². The van der Waals surface area contributed by atoms with Crippen molar-refractivity contribution >= 4 is 18.9 Å². The van der Waals surface area contributed by atoms with Gasteiger partial charge in [0, 0.05) is 0 Å². The van der Waals surface area contributed by atoms with E-state index in [1.807, 2.05) is 0 Å². The van der Waals surface area contributed by atoms with Crippen LogP contribution >= 0.6 is 0 Å². The van der Waals surface area contributed by atoms with Crippen LogP contribution in [0.4, 0.5) is 3.89 Å². The molecule has 0 aromatic rings. The molecule has 0 rings (SSSR count). The molecule has 0 heterocycles. The SMILES string of the molecule is B.O=S(=O)(O)F. The van der Waals surface area contributed by atoms with E-state index < -0.39 is 10.5 Å². The van der Waals surface area contributed by atoms with Gasteiger partial charge in [0.15, 0.2) is 0 Å². The molecule has 0 aromatic heterocycles. The zero-order valence-corrected chi connectivity index (χ0v) is 2.87. The Balaban J connectivity index is 0. The zero-order chi connectivity index (χ0) is 4.50. The van der Waals surface area contributed by atoms with E-state index in [1.54, 1.807) is 0 Å². The highest BCUT2D eigenvalue weighted by Crippen LogP contribution is 1.74. The van der Waals surface area contributed by atoms with Crippen molar-refractivity contribution in [3.8, 4) is 0 Å². The second kappa shape index (κ2) is 2.15. The average Bonchev–Trinajstić information content (AvgIpc) is 0.722. The molecule has 6 heavy (non-hydrogen) atoms. The largest absolute Gasteiger partial charge is 0.435 e. The molecule has 0 radical (unpaired) electrons. The number of rotatable bonds is 0. The van der Waals surface area contributed by atoms with E-state index in [0.717, 1.165) is 0 Å². The third-order valence-corrected chi connectivity index (χ3v) is 0. The fourth-order valence-electron chi connectivity index (χ4n) is 0. The summed E-state index contributed by atoms with van der Waals surface area (Å²) in [5.74, 6) is 0. The highest BCUT2D eigenvalue weighted by atomic mass is 32.3. The number of hydrogen-bond donors (Lipinski definition) is 1. The first-order valence-corrected chi connectivity index (χ1v) is 2.01. The van der Waals surface area contributed by atoms with Gasteiger partial charge in [-0.05, 0) is 0 Å². The van der Waals surface area contributed by atoms with Gasteiger partial charge in [-0.1, -0.05) is 3.89 Å². The highest BCUT2D eigenvalue weighted by Gasteiger charge is 1.89. The summed E-state index contributed by atoms with van der Waals surface area (Å²) in [6.07, 6.45) is 0. The topological polar surface area (TPSA) is 54.4 Å².